The van der Waals surface area contributed by atoms with Crippen LogP contribution in [0.15, 0.2) is 36.7 Å². The summed E-state index contributed by atoms with van der Waals surface area (Å²) in [7, 11) is 1.53. The first-order chi connectivity index (χ1) is 16.5. The number of hydrogen-bond donors (Lipinski definition) is 2. The number of methoxy groups -OCH3 is 1. The Bertz CT molecular complexity index is 1200. The molecule has 0 atom stereocenters. The summed E-state index contributed by atoms with van der Waals surface area (Å²) in [4.78, 5) is 28.4. The van der Waals surface area contributed by atoms with Gasteiger partial charge in [-0.1, -0.05) is 0 Å². The van der Waals surface area contributed by atoms with Crippen molar-refractivity contribution in [3.8, 4) is 17.4 Å². The van der Waals surface area contributed by atoms with Crippen LogP contribution < -0.4 is 19.5 Å². The lowest BCUT2D eigenvalue weighted by atomic mass is 9.90. The molecule has 0 saturated carbocycles. The van der Waals surface area contributed by atoms with E-state index >= 15 is 0 Å². The van der Waals surface area contributed by atoms with Gasteiger partial charge in [0.2, 0.25) is 5.88 Å². The van der Waals surface area contributed by atoms with E-state index in [1.165, 1.54) is 7.11 Å². The van der Waals surface area contributed by atoms with Crippen molar-refractivity contribution in [2.24, 2.45) is 0 Å². The van der Waals surface area contributed by atoms with Gasteiger partial charge in [0.05, 0.1) is 24.5 Å². The molecule has 3 aromatic rings. The van der Waals surface area contributed by atoms with Gasteiger partial charge in [0.1, 0.15) is 24.3 Å². The van der Waals surface area contributed by atoms with Gasteiger partial charge in [-0.05, 0) is 25.0 Å². The van der Waals surface area contributed by atoms with Crippen molar-refractivity contribution < 1.29 is 24.1 Å². The van der Waals surface area contributed by atoms with Gasteiger partial charge in [-0.2, -0.15) is 0 Å². The SMILES string of the molecule is COc1ccc2nccc(NC(=O)C3(O)CCN(CCc4cc5c(cn4)OCCO5)CC3)c2n1. The molecule has 10 nitrogen and oxygen atoms in total. The van der Waals surface area contributed by atoms with Gasteiger partial charge in [-0.15, -0.1) is 0 Å². The molecule has 2 N–H and O–H groups in total. The molecule has 0 aromatic carbocycles. The molecule has 0 bridgehead atoms. The first-order valence-electron chi connectivity index (χ1n) is 11.3. The number of carbonyl (C=O) groups excluding carboxylic acids is 1. The number of pyridine rings is 3. The normalized spacial score (nSPS) is 17.4. The fourth-order valence-electron chi connectivity index (χ4n) is 4.23. The monoisotopic (exact) mass is 465 g/mol. The summed E-state index contributed by atoms with van der Waals surface area (Å²) in [5, 5.41) is 13.9. The summed E-state index contributed by atoms with van der Waals surface area (Å²) < 4.78 is 16.3. The lowest BCUT2D eigenvalue weighted by Crippen LogP contribution is -2.52. The number of nitrogens with one attached hydrogen (secondary N) is 1. The largest absolute Gasteiger partial charge is 0.486 e. The Balaban J connectivity index is 1.18. The van der Waals surface area contributed by atoms with Crippen molar-refractivity contribution in [3.63, 3.8) is 0 Å². The van der Waals surface area contributed by atoms with Gasteiger partial charge in [0.15, 0.2) is 11.5 Å². The van der Waals surface area contributed by atoms with Crippen LogP contribution in [0, 0.1) is 0 Å². The second-order valence-corrected chi connectivity index (χ2v) is 8.48. The summed E-state index contributed by atoms with van der Waals surface area (Å²) in [6, 6.07) is 7.08. The highest BCUT2D eigenvalue weighted by Gasteiger charge is 2.39. The van der Waals surface area contributed by atoms with Crippen LogP contribution in [-0.4, -0.2) is 76.4 Å². The Morgan fingerprint density at radius 1 is 1.18 bits per heavy atom. The molecule has 5 heterocycles. The van der Waals surface area contributed by atoms with Crippen LogP contribution in [0.25, 0.3) is 11.0 Å². The van der Waals surface area contributed by atoms with Crippen molar-refractivity contribution in [3.05, 3.63) is 42.4 Å². The highest BCUT2D eigenvalue weighted by Crippen LogP contribution is 2.30. The zero-order valence-corrected chi connectivity index (χ0v) is 19.0. The van der Waals surface area contributed by atoms with E-state index in [0.29, 0.717) is 67.5 Å². The van der Waals surface area contributed by atoms with Crippen molar-refractivity contribution in [1.29, 1.82) is 0 Å². The smallest absolute Gasteiger partial charge is 0.256 e. The Kier molecular flexibility index (Phi) is 6.16. The lowest BCUT2D eigenvalue weighted by molar-refractivity contribution is -0.138. The Hall–Kier alpha value is -3.50. The number of ether oxygens (including phenoxy) is 3. The molecule has 2 aliphatic heterocycles. The van der Waals surface area contributed by atoms with Crippen LogP contribution in [0.2, 0.25) is 0 Å². The summed E-state index contributed by atoms with van der Waals surface area (Å²) in [5.41, 5.74) is 1.13. The first-order valence-corrected chi connectivity index (χ1v) is 11.3. The van der Waals surface area contributed by atoms with Gasteiger partial charge < -0.3 is 29.5 Å². The third-order valence-electron chi connectivity index (χ3n) is 6.29. The Morgan fingerprint density at radius 2 is 1.97 bits per heavy atom. The highest BCUT2D eigenvalue weighted by molar-refractivity contribution is 6.02. The number of anilines is 1. The Labute approximate surface area is 196 Å². The van der Waals surface area contributed by atoms with Gasteiger partial charge in [-0.3, -0.25) is 14.8 Å². The van der Waals surface area contributed by atoms with E-state index in [-0.39, 0.29) is 0 Å². The topological polar surface area (TPSA) is 119 Å². The first kappa shape index (κ1) is 22.3. The van der Waals surface area contributed by atoms with Gasteiger partial charge in [0, 0.05) is 50.1 Å². The fraction of sp³-hybridized carbons (Fsp3) is 0.417. The number of amides is 1. The van der Waals surface area contributed by atoms with Gasteiger partial charge in [-0.25, -0.2) is 4.98 Å². The molecule has 0 spiro atoms. The van der Waals surface area contributed by atoms with E-state index < -0.39 is 11.5 Å². The standard InChI is InChI=1S/C24H27N5O5/c1-32-21-3-2-17-22(28-21)18(4-8-25-17)27-23(30)24(31)6-10-29(11-7-24)9-5-16-14-19-20(15-26-16)34-13-12-33-19/h2-4,8,14-15,31H,5-7,9-13H2,1H3,(H,25,27,30). The predicted molar refractivity (Wildman–Crippen MR) is 124 cm³/mol. The fourth-order valence-corrected chi connectivity index (χ4v) is 4.23. The molecule has 0 radical (unpaired) electrons. The van der Waals surface area contributed by atoms with Crippen molar-refractivity contribution in [1.82, 2.24) is 19.9 Å². The quantitative estimate of drug-likeness (QED) is 0.562. The number of likely N-dealkylation sites (tertiary alicyclic amines) is 1. The number of hydrogen-bond acceptors (Lipinski definition) is 9. The van der Waals surface area contributed by atoms with Crippen LogP contribution in [-0.2, 0) is 11.2 Å². The predicted octanol–water partition coefficient (Wildman–Crippen LogP) is 1.81. The third kappa shape index (κ3) is 4.59. The third-order valence-corrected chi connectivity index (χ3v) is 6.29. The molecular formula is C24H27N5O5. The minimum atomic E-state index is -1.44. The molecule has 1 saturated heterocycles. The van der Waals surface area contributed by atoms with Crippen LogP contribution in [0.5, 0.6) is 17.4 Å². The number of nitrogens with zero attached hydrogens (tertiary/aromatic N) is 4. The maximum absolute atomic E-state index is 13.0. The molecular weight excluding hydrogens is 438 g/mol. The van der Waals surface area contributed by atoms with E-state index in [4.69, 9.17) is 14.2 Å². The van der Waals surface area contributed by atoms with E-state index in [1.54, 1.807) is 30.6 Å². The minimum absolute atomic E-state index is 0.340. The molecule has 0 unspecified atom stereocenters. The summed E-state index contributed by atoms with van der Waals surface area (Å²) >= 11 is 0. The number of aromatic nitrogens is 3. The molecule has 1 amide bonds. The molecule has 5 rings (SSSR count). The average Bonchev–Trinajstić information content (AvgIpc) is 2.88. The summed E-state index contributed by atoms with van der Waals surface area (Å²) in [6.45, 7) is 3.08. The zero-order chi connectivity index (χ0) is 23.5. The lowest BCUT2D eigenvalue weighted by Gasteiger charge is -2.37. The van der Waals surface area contributed by atoms with Crippen molar-refractivity contribution in [2.75, 3.05) is 45.3 Å². The van der Waals surface area contributed by atoms with Crippen molar-refractivity contribution >= 4 is 22.6 Å². The van der Waals surface area contributed by atoms with E-state index in [1.807, 2.05) is 6.07 Å². The maximum atomic E-state index is 13.0. The number of carbonyl (C=O) groups is 1. The average molecular weight is 466 g/mol. The molecule has 10 heteroatoms. The number of piperidine rings is 1. The Morgan fingerprint density at radius 3 is 2.76 bits per heavy atom. The van der Waals surface area contributed by atoms with Crippen molar-refractivity contribution in [2.45, 2.75) is 24.9 Å². The maximum Gasteiger partial charge on any atom is 0.256 e. The summed E-state index contributed by atoms with van der Waals surface area (Å²) in [5.74, 6) is 1.41. The van der Waals surface area contributed by atoms with Crippen LogP contribution in [0.4, 0.5) is 5.69 Å². The minimum Gasteiger partial charge on any atom is -0.486 e. The molecule has 3 aromatic heterocycles. The molecule has 1 fully saturated rings. The van der Waals surface area contributed by atoms with Gasteiger partial charge >= 0.3 is 0 Å². The number of fused-ring (bicyclic) bond motifs is 2. The molecule has 2 aliphatic rings. The second kappa shape index (κ2) is 9.40. The highest BCUT2D eigenvalue weighted by atomic mass is 16.6. The second-order valence-electron chi connectivity index (χ2n) is 8.48. The van der Waals surface area contributed by atoms with Crippen LogP contribution >= 0.6 is 0 Å². The zero-order valence-electron chi connectivity index (χ0n) is 19.0. The van der Waals surface area contributed by atoms with Crippen LogP contribution in [0.1, 0.15) is 18.5 Å². The van der Waals surface area contributed by atoms with E-state index in [9.17, 15) is 9.90 Å². The van der Waals surface area contributed by atoms with Crippen LogP contribution in [0.3, 0.4) is 0 Å². The number of rotatable bonds is 6. The summed E-state index contributed by atoms with van der Waals surface area (Å²) in [6.07, 6.45) is 4.74. The molecule has 34 heavy (non-hydrogen) atoms. The van der Waals surface area contributed by atoms with Gasteiger partial charge in [0.25, 0.3) is 5.91 Å². The van der Waals surface area contributed by atoms with E-state index in [2.05, 4.69) is 25.2 Å². The molecule has 178 valence electrons. The number of aliphatic hydroxyl groups is 1. The molecule has 0 aliphatic carbocycles. The van der Waals surface area contributed by atoms with E-state index in [0.717, 1.165) is 24.4 Å².